The first kappa shape index (κ1) is 9.28. The highest BCUT2D eigenvalue weighted by molar-refractivity contribution is 6.21. The van der Waals surface area contributed by atoms with Crippen molar-refractivity contribution in [2.45, 2.75) is 18.8 Å². The lowest BCUT2D eigenvalue weighted by molar-refractivity contribution is -0.0504. The van der Waals surface area contributed by atoms with E-state index in [9.17, 15) is 0 Å². The molecule has 0 bridgehead atoms. The van der Waals surface area contributed by atoms with Crippen LogP contribution >= 0.6 is 11.6 Å². The Kier molecular flexibility index (Phi) is 3.31. The standard InChI is InChI=1S/C6H10ClN3O2/c1-4(11-2)12-6-9-3-8-5(7)10-6/h3-5H,1-2H3,(H,8,9,10). The van der Waals surface area contributed by atoms with E-state index in [-0.39, 0.29) is 6.29 Å². The molecule has 2 atom stereocenters. The summed E-state index contributed by atoms with van der Waals surface area (Å²) >= 11 is 5.63. The molecular formula is C6H10ClN3O2. The molecule has 0 aliphatic carbocycles. The van der Waals surface area contributed by atoms with Gasteiger partial charge in [0.25, 0.3) is 6.02 Å². The van der Waals surface area contributed by atoms with E-state index in [1.807, 2.05) is 0 Å². The van der Waals surface area contributed by atoms with Crippen molar-refractivity contribution >= 4 is 24.0 Å². The molecule has 5 nitrogen and oxygen atoms in total. The Hall–Kier alpha value is -0.810. The Bertz CT molecular complexity index is 207. The zero-order chi connectivity index (χ0) is 8.97. The first-order valence-corrected chi connectivity index (χ1v) is 3.85. The molecule has 1 heterocycles. The van der Waals surface area contributed by atoms with Crippen molar-refractivity contribution in [3.05, 3.63) is 0 Å². The molecular weight excluding hydrogens is 182 g/mol. The van der Waals surface area contributed by atoms with Gasteiger partial charge in [0.2, 0.25) is 5.62 Å². The van der Waals surface area contributed by atoms with Gasteiger partial charge in [-0.15, -0.1) is 0 Å². The molecule has 0 aromatic heterocycles. The minimum absolute atomic E-state index is 0.319. The van der Waals surface area contributed by atoms with Crippen LogP contribution in [0, 0.1) is 0 Å². The van der Waals surface area contributed by atoms with Crippen LogP contribution < -0.4 is 5.32 Å². The van der Waals surface area contributed by atoms with Crippen molar-refractivity contribution in [3.8, 4) is 0 Å². The van der Waals surface area contributed by atoms with E-state index in [0.29, 0.717) is 6.02 Å². The summed E-state index contributed by atoms with van der Waals surface area (Å²) in [6.45, 7) is 1.75. The third-order valence-corrected chi connectivity index (χ3v) is 1.45. The van der Waals surface area contributed by atoms with Crippen molar-refractivity contribution in [2.24, 2.45) is 9.98 Å². The van der Waals surface area contributed by atoms with Gasteiger partial charge in [-0.1, -0.05) is 11.6 Å². The molecule has 0 amide bonds. The molecule has 0 saturated carbocycles. The number of nitrogens with zero attached hydrogens (tertiary/aromatic N) is 2. The second kappa shape index (κ2) is 4.27. The summed E-state index contributed by atoms with van der Waals surface area (Å²) in [7, 11) is 1.54. The van der Waals surface area contributed by atoms with E-state index < -0.39 is 5.62 Å². The molecule has 1 rings (SSSR count). The van der Waals surface area contributed by atoms with Gasteiger partial charge in [-0.05, 0) is 6.92 Å². The van der Waals surface area contributed by atoms with E-state index in [4.69, 9.17) is 21.1 Å². The van der Waals surface area contributed by atoms with Crippen LogP contribution in [0.1, 0.15) is 6.92 Å². The van der Waals surface area contributed by atoms with Crippen molar-refractivity contribution in [2.75, 3.05) is 7.11 Å². The summed E-state index contributed by atoms with van der Waals surface area (Å²) in [5.41, 5.74) is -0.512. The lowest BCUT2D eigenvalue weighted by Gasteiger charge is -2.18. The molecule has 6 heteroatoms. The molecule has 0 aromatic carbocycles. The number of hydrogen-bond donors (Lipinski definition) is 1. The van der Waals surface area contributed by atoms with Gasteiger partial charge < -0.3 is 14.8 Å². The van der Waals surface area contributed by atoms with Gasteiger partial charge in [-0.3, -0.25) is 0 Å². The molecule has 0 radical (unpaired) electrons. The predicted molar refractivity (Wildman–Crippen MR) is 46.3 cm³/mol. The third-order valence-electron chi connectivity index (χ3n) is 1.22. The summed E-state index contributed by atoms with van der Waals surface area (Å²) < 4.78 is 10.0. The Morgan fingerprint density at radius 2 is 2.50 bits per heavy atom. The normalized spacial score (nSPS) is 24.2. The summed E-state index contributed by atoms with van der Waals surface area (Å²) in [5, 5.41) is 2.70. The fourth-order valence-corrected chi connectivity index (χ4v) is 0.734. The van der Waals surface area contributed by atoms with Gasteiger partial charge in [0.15, 0.2) is 6.29 Å². The number of alkyl halides is 1. The highest BCUT2D eigenvalue weighted by atomic mass is 35.5. The largest absolute Gasteiger partial charge is 0.435 e. The van der Waals surface area contributed by atoms with E-state index in [0.717, 1.165) is 0 Å². The number of ether oxygens (including phenoxy) is 2. The van der Waals surface area contributed by atoms with Gasteiger partial charge in [-0.2, -0.15) is 4.99 Å². The Morgan fingerprint density at radius 1 is 1.75 bits per heavy atom. The summed E-state index contributed by atoms with van der Waals surface area (Å²) in [6.07, 6.45) is 0.984. The lowest BCUT2D eigenvalue weighted by Crippen LogP contribution is -2.36. The average molecular weight is 192 g/mol. The molecule has 0 spiro atoms. The summed E-state index contributed by atoms with van der Waals surface area (Å²) in [5.74, 6) is 0. The monoisotopic (exact) mass is 191 g/mol. The second-order valence-corrected chi connectivity index (χ2v) is 2.51. The van der Waals surface area contributed by atoms with Crippen LogP contribution in [0.15, 0.2) is 9.98 Å². The quantitative estimate of drug-likeness (QED) is 0.393. The maximum absolute atomic E-state index is 5.63. The molecule has 12 heavy (non-hydrogen) atoms. The topological polar surface area (TPSA) is 55.2 Å². The maximum Gasteiger partial charge on any atom is 0.295 e. The van der Waals surface area contributed by atoms with Crippen molar-refractivity contribution in [1.82, 2.24) is 5.32 Å². The molecule has 0 aromatic rings. The third kappa shape index (κ3) is 2.67. The molecule has 1 N–H and O–H groups in total. The highest BCUT2D eigenvalue weighted by Crippen LogP contribution is 2.00. The van der Waals surface area contributed by atoms with Gasteiger partial charge in [0.1, 0.15) is 6.34 Å². The number of halogens is 1. The second-order valence-electron chi connectivity index (χ2n) is 2.10. The average Bonchev–Trinajstić information content (AvgIpc) is 2.04. The fraction of sp³-hybridized carbons (Fsp3) is 0.667. The maximum atomic E-state index is 5.63. The van der Waals surface area contributed by atoms with E-state index in [2.05, 4.69) is 15.3 Å². The minimum atomic E-state index is -0.512. The number of aliphatic imine (C=N–C) groups is 2. The summed E-state index contributed by atoms with van der Waals surface area (Å²) in [4.78, 5) is 7.53. The highest BCUT2D eigenvalue weighted by Gasteiger charge is 2.12. The number of amidine groups is 1. The molecule has 1 aliphatic rings. The molecule has 68 valence electrons. The van der Waals surface area contributed by atoms with Crippen molar-refractivity contribution < 1.29 is 9.47 Å². The van der Waals surface area contributed by atoms with Gasteiger partial charge in [0.05, 0.1) is 0 Å². The van der Waals surface area contributed by atoms with E-state index in [1.54, 1.807) is 14.0 Å². The van der Waals surface area contributed by atoms with Crippen LogP contribution in [0.3, 0.4) is 0 Å². The van der Waals surface area contributed by atoms with Crippen molar-refractivity contribution in [3.63, 3.8) is 0 Å². The van der Waals surface area contributed by atoms with Gasteiger partial charge in [-0.25, -0.2) is 4.99 Å². The number of rotatable bonds is 2. The van der Waals surface area contributed by atoms with Crippen LogP contribution in [-0.4, -0.2) is 31.4 Å². The lowest BCUT2D eigenvalue weighted by atomic mass is 10.7. The van der Waals surface area contributed by atoms with Crippen LogP contribution in [0.4, 0.5) is 0 Å². The number of methoxy groups -OCH3 is 1. The number of hydrogen-bond acceptors (Lipinski definition) is 5. The molecule has 0 fully saturated rings. The zero-order valence-corrected chi connectivity index (χ0v) is 7.58. The van der Waals surface area contributed by atoms with Crippen molar-refractivity contribution in [1.29, 1.82) is 0 Å². The van der Waals surface area contributed by atoms with Crippen LogP contribution in [0.25, 0.3) is 0 Å². The first-order valence-electron chi connectivity index (χ1n) is 3.42. The van der Waals surface area contributed by atoms with Crippen LogP contribution in [0.5, 0.6) is 0 Å². The van der Waals surface area contributed by atoms with E-state index >= 15 is 0 Å². The van der Waals surface area contributed by atoms with Crippen LogP contribution in [-0.2, 0) is 9.47 Å². The molecule has 0 saturated heterocycles. The Labute approximate surface area is 75.4 Å². The van der Waals surface area contributed by atoms with E-state index in [1.165, 1.54) is 6.34 Å². The fourth-order valence-electron chi connectivity index (χ4n) is 0.590. The van der Waals surface area contributed by atoms with Gasteiger partial charge in [0, 0.05) is 7.11 Å². The Morgan fingerprint density at radius 3 is 3.08 bits per heavy atom. The number of nitrogens with one attached hydrogen (secondary N) is 1. The first-order chi connectivity index (χ1) is 5.72. The molecule has 2 unspecified atom stereocenters. The predicted octanol–water partition coefficient (Wildman–Crippen LogP) is 0.505. The van der Waals surface area contributed by atoms with Gasteiger partial charge >= 0.3 is 0 Å². The minimum Gasteiger partial charge on any atom is -0.435 e. The SMILES string of the molecule is COC(C)OC1=NC=NC(Cl)N1. The van der Waals surface area contributed by atoms with Crippen LogP contribution in [0.2, 0.25) is 0 Å². The molecule has 1 aliphatic heterocycles. The zero-order valence-electron chi connectivity index (χ0n) is 6.82. The smallest absolute Gasteiger partial charge is 0.295 e. The Balaban J connectivity index is 2.42. The summed E-state index contributed by atoms with van der Waals surface area (Å²) in [6, 6.07) is 0.319.